The number of halogens is 2. The van der Waals surface area contributed by atoms with E-state index >= 15 is 0 Å². The van der Waals surface area contributed by atoms with Gasteiger partial charge in [-0.1, -0.05) is 57.8 Å². The second-order valence-electron chi connectivity index (χ2n) is 9.31. The van der Waals surface area contributed by atoms with Crippen molar-refractivity contribution in [3.8, 4) is 11.5 Å². The van der Waals surface area contributed by atoms with Crippen molar-refractivity contribution in [1.29, 1.82) is 0 Å². The average Bonchev–Trinajstić information content (AvgIpc) is 3.33. The predicted molar refractivity (Wildman–Crippen MR) is 128 cm³/mol. The van der Waals surface area contributed by atoms with Crippen LogP contribution in [0.1, 0.15) is 37.3 Å². The largest absolute Gasteiger partial charge is 0.457 e. The summed E-state index contributed by atoms with van der Waals surface area (Å²) in [6.45, 7) is 6.33. The third-order valence-electron chi connectivity index (χ3n) is 7.10. The van der Waals surface area contributed by atoms with Gasteiger partial charge in [-0.3, -0.25) is 14.5 Å². The summed E-state index contributed by atoms with van der Waals surface area (Å²) in [6.07, 6.45) is 0.938. The zero-order chi connectivity index (χ0) is 22.0. The number of benzene rings is 2. The first kappa shape index (κ1) is 21.2. The Hall–Kier alpha value is -1.66. The topological polar surface area (TPSA) is 46.6 Å². The summed E-state index contributed by atoms with van der Waals surface area (Å²) >= 11 is 7.47. The van der Waals surface area contributed by atoms with Gasteiger partial charge in [0.25, 0.3) is 0 Å². The van der Waals surface area contributed by atoms with E-state index < -0.39 is 0 Å². The molecule has 1 aliphatic heterocycles. The molecule has 0 spiro atoms. The number of carbonyl (C=O) groups is 2. The third-order valence-corrected chi connectivity index (χ3v) is 10.3. The van der Waals surface area contributed by atoms with Crippen molar-refractivity contribution in [2.75, 3.05) is 4.90 Å². The quantitative estimate of drug-likeness (QED) is 0.339. The molecule has 2 amide bonds. The molecular formula is C25H25Br2NO3. The number of carbonyl (C=O) groups excluding carboxylic acids is 2. The molecule has 1 heterocycles. The highest BCUT2D eigenvalue weighted by molar-refractivity contribution is 9.12. The van der Waals surface area contributed by atoms with Crippen LogP contribution in [0.5, 0.6) is 11.5 Å². The van der Waals surface area contributed by atoms with Crippen LogP contribution in [-0.2, 0) is 9.59 Å². The van der Waals surface area contributed by atoms with Gasteiger partial charge in [-0.05, 0) is 72.6 Å². The minimum absolute atomic E-state index is 0.0548. The highest BCUT2D eigenvalue weighted by Gasteiger charge is 2.66. The summed E-state index contributed by atoms with van der Waals surface area (Å²) in [7, 11) is 0. The maximum atomic E-state index is 13.2. The molecule has 0 unspecified atom stereocenters. The van der Waals surface area contributed by atoms with Gasteiger partial charge in [0.2, 0.25) is 11.8 Å². The van der Waals surface area contributed by atoms with E-state index in [1.54, 1.807) is 0 Å². The Balaban J connectivity index is 1.39. The molecule has 0 radical (unpaired) electrons. The van der Waals surface area contributed by atoms with E-state index in [1.807, 2.05) is 37.3 Å². The standard InChI is InChI=1S/C25H25Br2NO3/c1-12(2)16-9-4-13(3)10-19(16)31-15-7-5-14(6-8-15)28-24(29)20-17-11-18(21(20)25(28)30)23(27)22(17)26/h4-10,12,17-18,20-23H,11H2,1-3H3/t17-,18-,20-,21+,22-,23+/m1/s1. The number of fused-ring (bicyclic) bond motifs is 5. The minimum Gasteiger partial charge on any atom is -0.457 e. The number of hydrogen-bond acceptors (Lipinski definition) is 3. The van der Waals surface area contributed by atoms with E-state index in [2.05, 4.69) is 57.8 Å². The van der Waals surface area contributed by atoms with Crippen LogP contribution in [0.15, 0.2) is 42.5 Å². The third kappa shape index (κ3) is 3.29. The predicted octanol–water partition coefficient (Wildman–Crippen LogP) is 6.19. The van der Waals surface area contributed by atoms with Gasteiger partial charge in [0.1, 0.15) is 11.5 Å². The van der Waals surface area contributed by atoms with Crippen LogP contribution in [0.3, 0.4) is 0 Å². The van der Waals surface area contributed by atoms with Crippen molar-refractivity contribution in [2.24, 2.45) is 23.7 Å². The molecule has 1 saturated heterocycles. The monoisotopic (exact) mass is 545 g/mol. The van der Waals surface area contributed by atoms with Crippen molar-refractivity contribution in [1.82, 2.24) is 0 Å². The van der Waals surface area contributed by atoms with Crippen LogP contribution >= 0.6 is 31.9 Å². The number of ether oxygens (including phenoxy) is 1. The number of amides is 2. The lowest BCUT2D eigenvalue weighted by atomic mass is 9.81. The van der Waals surface area contributed by atoms with E-state index in [1.165, 1.54) is 4.90 Å². The first-order valence-electron chi connectivity index (χ1n) is 10.8. The molecule has 162 valence electrons. The average molecular weight is 547 g/mol. The van der Waals surface area contributed by atoms with Crippen LogP contribution in [0, 0.1) is 30.6 Å². The number of alkyl halides is 2. The lowest BCUT2D eigenvalue weighted by Gasteiger charge is -2.28. The lowest BCUT2D eigenvalue weighted by Crippen LogP contribution is -2.37. The Labute approximate surface area is 199 Å². The Kier molecular flexibility index (Phi) is 5.29. The molecule has 2 aromatic carbocycles. The smallest absolute Gasteiger partial charge is 0.238 e. The molecule has 0 aromatic heterocycles. The van der Waals surface area contributed by atoms with Crippen LogP contribution in [0.25, 0.3) is 0 Å². The second-order valence-corrected chi connectivity index (χ2v) is 11.4. The number of hydrogen-bond donors (Lipinski definition) is 0. The summed E-state index contributed by atoms with van der Waals surface area (Å²) < 4.78 is 6.17. The van der Waals surface area contributed by atoms with E-state index in [0.717, 1.165) is 23.3 Å². The normalized spacial score (nSPS) is 31.6. The van der Waals surface area contributed by atoms with Gasteiger partial charge in [-0.25, -0.2) is 0 Å². The summed E-state index contributed by atoms with van der Waals surface area (Å²) in [4.78, 5) is 28.3. The molecule has 31 heavy (non-hydrogen) atoms. The highest BCUT2D eigenvalue weighted by Crippen LogP contribution is 2.60. The molecular weight excluding hydrogens is 522 g/mol. The van der Waals surface area contributed by atoms with Crippen molar-refractivity contribution < 1.29 is 14.3 Å². The Morgan fingerprint density at radius 1 is 0.935 bits per heavy atom. The number of anilines is 1. The molecule has 3 aliphatic rings. The molecule has 3 fully saturated rings. The molecule has 0 N–H and O–H groups in total. The van der Waals surface area contributed by atoms with Crippen LogP contribution < -0.4 is 9.64 Å². The summed E-state index contributed by atoms with van der Waals surface area (Å²) in [5.41, 5.74) is 2.92. The van der Waals surface area contributed by atoms with Gasteiger partial charge in [-0.15, -0.1) is 0 Å². The highest BCUT2D eigenvalue weighted by atomic mass is 79.9. The Morgan fingerprint density at radius 2 is 1.52 bits per heavy atom. The molecule has 5 rings (SSSR count). The fraction of sp³-hybridized carbons (Fsp3) is 0.440. The molecule has 2 saturated carbocycles. The molecule has 2 aromatic rings. The summed E-state index contributed by atoms with van der Waals surface area (Å²) in [5.74, 6) is 1.81. The van der Waals surface area contributed by atoms with Gasteiger partial charge in [-0.2, -0.15) is 0 Å². The van der Waals surface area contributed by atoms with Gasteiger partial charge < -0.3 is 4.74 Å². The fourth-order valence-corrected chi connectivity index (χ4v) is 7.47. The first-order valence-corrected chi connectivity index (χ1v) is 12.7. The summed E-state index contributed by atoms with van der Waals surface area (Å²) in [6, 6.07) is 13.5. The number of imide groups is 1. The molecule has 4 nitrogen and oxygen atoms in total. The van der Waals surface area contributed by atoms with Crippen molar-refractivity contribution in [2.45, 2.75) is 42.8 Å². The van der Waals surface area contributed by atoms with Crippen molar-refractivity contribution in [3.05, 3.63) is 53.6 Å². The Bertz CT molecular complexity index is 1020. The van der Waals surface area contributed by atoms with Gasteiger partial charge >= 0.3 is 0 Å². The summed E-state index contributed by atoms with van der Waals surface area (Å²) in [5, 5.41) is 0. The molecule has 6 heteroatoms. The molecule has 2 bridgehead atoms. The maximum absolute atomic E-state index is 13.2. The van der Waals surface area contributed by atoms with E-state index in [4.69, 9.17) is 4.74 Å². The second kappa shape index (κ2) is 7.73. The minimum atomic E-state index is -0.201. The van der Waals surface area contributed by atoms with Crippen LogP contribution in [0.4, 0.5) is 5.69 Å². The van der Waals surface area contributed by atoms with E-state index in [0.29, 0.717) is 17.4 Å². The maximum Gasteiger partial charge on any atom is 0.238 e. The SMILES string of the molecule is Cc1ccc(C(C)C)c(Oc2ccc(N3C(=O)[C@@H]4[C@H]5C[C@@H]([C@H](Br)[C@@H]5Br)[C@@H]4C3=O)cc2)c1. The van der Waals surface area contributed by atoms with Crippen LogP contribution in [0.2, 0.25) is 0 Å². The van der Waals surface area contributed by atoms with E-state index in [9.17, 15) is 9.59 Å². The van der Waals surface area contributed by atoms with Gasteiger partial charge in [0, 0.05) is 9.65 Å². The van der Waals surface area contributed by atoms with Gasteiger partial charge in [0.15, 0.2) is 0 Å². The van der Waals surface area contributed by atoms with Crippen LogP contribution in [-0.4, -0.2) is 21.5 Å². The zero-order valence-electron chi connectivity index (χ0n) is 17.7. The van der Waals surface area contributed by atoms with Crippen molar-refractivity contribution in [3.63, 3.8) is 0 Å². The first-order chi connectivity index (χ1) is 14.8. The number of aryl methyl sites for hydroxylation is 1. The van der Waals surface area contributed by atoms with Crippen molar-refractivity contribution >= 4 is 49.4 Å². The van der Waals surface area contributed by atoms with Gasteiger partial charge in [0.05, 0.1) is 17.5 Å². The molecule has 2 aliphatic carbocycles. The van der Waals surface area contributed by atoms with E-state index in [-0.39, 0.29) is 45.1 Å². The number of rotatable bonds is 4. The fourth-order valence-electron chi connectivity index (χ4n) is 5.60. The lowest BCUT2D eigenvalue weighted by molar-refractivity contribution is -0.123. The Morgan fingerprint density at radius 3 is 2.06 bits per heavy atom. The molecule has 6 atom stereocenters. The zero-order valence-corrected chi connectivity index (χ0v) is 20.9. The number of nitrogens with zero attached hydrogens (tertiary/aromatic N) is 1.